The minimum Gasteiger partial charge on any atom is -0.397 e. The number of anilines is 2. The van der Waals surface area contributed by atoms with Crippen LogP contribution >= 0.6 is 0 Å². The number of para-hydroxylation sites is 2. The molecule has 0 radical (unpaired) electrons. The second kappa shape index (κ2) is 3.61. The van der Waals surface area contributed by atoms with E-state index >= 15 is 0 Å². The van der Waals surface area contributed by atoms with E-state index in [-0.39, 0.29) is 11.4 Å². The molecule has 0 unspecified atom stereocenters. The summed E-state index contributed by atoms with van der Waals surface area (Å²) in [4.78, 5) is 0. The molecule has 5 heteroatoms. The Morgan fingerprint density at radius 2 is 1.86 bits per heavy atom. The Morgan fingerprint density at radius 1 is 1.29 bits per heavy atom. The van der Waals surface area contributed by atoms with Crippen molar-refractivity contribution in [2.45, 2.75) is 6.18 Å². The van der Waals surface area contributed by atoms with Crippen molar-refractivity contribution in [3.63, 3.8) is 0 Å². The third kappa shape index (κ3) is 2.42. The van der Waals surface area contributed by atoms with Crippen LogP contribution < -0.4 is 11.1 Å². The maximum Gasteiger partial charge on any atom is 0.430 e. The van der Waals surface area contributed by atoms with Crippen LogP contribution in [0.4, 0.5) is 24.5 Å². The standard InChI is InChI=1S/C9H9F3N2/c1-6(9(10,11)12)14-8-5-3-2-4-7(8)13/h2-5,14H,1,13H2. The summed E-state index contributed by atoms with van der Waals surface area (Å²) in [6.45, 7) is 2.87. The second-order valence-corrected chi connectivity index (χ2v) is 2.69. The number of hydrogen-bond donors (Lipinski definition) is 2. The zero-order chi connectivity index (χ0) is 10.8. The predicted molar refractivity (Wildman–Crippen MR) is 49.7 cm³/mol. The summed E-state index contributed by atoms with van der Waals surface area (Å²) in [5.41, 5.74) is 4.86. The van der Waals surface area contributed by atoms with Gasteiger partial charge in [-0.15, -0.1) is 0 Å². The summed E-state index contributed by atoms with van der Waals surface area (Å²) in [6.07, 6.45) is -4.46. The van der Waals surface area contributed by atoms with Crippen LogP contribution in [0.5, 0.6) is 0 Å². The highest BCUT2D eigenvalue weighted by atomic mass is 19.4. The van der Waals surface area contributed by atoms with Gasteiger partial charge in [-0.3, -0.25) is 0 Å². The van der Waals surface area contributed by atoms with E-state index in [1.54, 1.807) is 12.1 Å². The number of alkyl halides is 3. The van der Waals surface area contributed by atoms with Gasteiger partial charge in [0, 0.05) is 0 Å². The van der Waals surface area contributed by atoms with Crippen LogP contribution in [0.15, 0.2) is 36.5 Å². The number of allylic oxidation sites excluding steroid dienone is 1. The Labute approximate surface area is 79.2 Å². The molecule has 0 aromatic heterocycles. The number of rotatable bonds is 2. The van der Waals surface area contributed by atoms with Crippen LogP contribution in [0.1, 0.15) is 0 Å². The molecule has 0 amide bonds. The van der Waals surface area contributed by atoms with Gasteiger partial charge in [-0.25, -0.2) is 0 Å². The molecule has 0 atom stereocenters. The minimum absolute atomic E-state index is 0.204. The molecule has 0 bridgehead atoms. The number of benzene rings is 1. The highest BCUT2D eigenvalue weighted by molar-refractivity contribution is 5.67. The summed E-state index contributed by atoms with van der Waals surface area (Å²) in [5, 5.41) is 2.11. The van der Waals surface area contributed by atoms with Crippen LogP contribution in [0.2, 0.25) is 0 Å². The zero-order valence-corrected chi connectivity index (χ0v) is 7.23. The predicted octanol–water partition coefficient (Wildman–Crippen LogP) is 2.76. The van der Waals surface area contributed by atoms with Crippen molar-refractivity contribution in [1.29, 1.82) is 0 Å². The summed E-state index contributed by atoms with van der Waals surface area (Å²) >= 11 is 0. The van der Waals surface area contributed by atoms with Gasteiger partial charge in [0.25, 0.3) is 0 Å². The Hall–Kier alpha value is -1.65. The van der Waals surface area contributed by atoms with Crippen LogP contribution in [-0.4, -0.2) is 6.18 Å². The van der Waals surface area contributed by atoms with Gasteiger partial charge in [-0.1, -0.05) is 18.7 Å². The third-order valence-corrected chi connectivity index (χ3v) is 1.59. The van der Waals surface area contributed by atoms with Crippen molar-refractivity contribution in [3.05, 3.63) is 36.5 Å². The van der Waals surface area contributed by atoms with E-state index in [0.717, 1.165) is 0 Å². The number of nitrogens with two attached hydrogens (primary N) is 1. The molecule has 1 aromatic carbocycles. The van der Waals surface area contributed by atoms with Crippen molar-refractivity contribution in [2.24, 2.45) is 0 Å². The molecule has 76 valence electrons. The van der Waals surface area contributed by atoms with E-state index in [2.05, 4.69) is 11.9 Å². The SMILES string of the molecule is C=C(Nc1ccccc1N)C(F)(F)F. The molecule has 0 spiro atoms. The number of nitrogens with one attached hydrogen (secondary N) is 1. The lowest BCUT2D eigenvalue weighted by molar-refractivity contribution is -0.0898. The fourth-order valence-corrected chi connectivity index (χ4v) is 0.844. The molecule has 0 heterocycles. The van der Waals surface area contributed by atoms with E-state index < -0.39 is 11.9 Å². The highest BCUT2D eigenvalue weighted by Gasteiger charge is 2.32. The third-order valence-electron chi connectivity index (χ3n) is 1.59. The molecular weight excluding hydrogens is 193 g/mol. The average Bonchev–Trinajstić information content (AvgIpc) is 2.07. The van der Waals surface area contributed by atoms with Crippen molar-refractivity contribution in [3.8, 4) is 0 Å². The molecule has 0 aliphatic heterocycles. The van der Waals surface area contributed by atoms with E-state index in [9.17, 15) is 13.2 Å². The molecule has 14 heavy (non-hydrogen) atoms. The minimum atomic E-state index is -4.46. The highest BCUT2D eigenvalue weighted by Crippen LogP contribution is 2.27. The molecule has 1 aromatic rings. The quantitative estimate of drug-likeness (QED) is 0.723. The lowest BCUT2D eigenvalue weighted by Crippen LogP contribution is -2.18. The first-order valence-corrected chi connectivity index (χ1v) is 3.79. The summed E-state index contributed by atoms with van der Waals surface area (Å²) in [7, 11) is 0. The number of hydrogen-bond acceptors (Lipinski definition) is 2. The topological polar surface area (TPSA) is 38.0 Å². The van der Waals surface area contributed by atoms with Gasteiger partial charge in [0.15, 0.2) is 0 Å². The Morgan fingerprint density at radius 3 is 2.36 bits per heavy atom. The maximum absolute atomic E-state index is 12.1. The van der Waals surface area contributed by atoms with E-state index in [1.807, 2.05) is 0 Å². The van der Waals surface area contributed by atoms with Crippen molar-refractivity contribution < 1.29 is 13.2 Å². The molecule has 0 saturated carbocycles. The van der Waals surface area contributed by atoms with Gasteiger partial charge in [0.1, 0.15) is 5.70 Å². The van der Waals surface area contributed by atoms with Gasteiger partial charge in [0.2, 0.25) is 0 Å². The lowest BCUT2D eigenvalue weighted by Gasteiger charge is -2.13. The molecule has 0 saturated heterocycles. The van der Waals surface area contributed by atoms with Gasteiger partial charge in [0.05, 0.1) is 11.4 Å². The first-order valence-electron chi connectivity index (χ1n) is 3.79. The van der Waals surface area contributed by atoms with Crippen molar-refractivity contribution in [2.75, 3.05) is 11.1 Å². The lowest BCUT2D eigenvalue weighted by atomic mass is 10.2. The van der Waals surface area contributed by atoms with Gasteiger partial charge in [-0.2, -0.15) is 13.2 Å². The van der Waals surface area contributed by atoms with Gasteiger partial charge >= 0.3 is 6.18 Å². The summed E-state index contributed by atoms with van der Waals surface area (Å²) in [5.74, 6) is 0. The molecule has 0 fully saturated rings. The number of nitrogen functional groups attached to an aromatic ring is 1. The number of halogens is 3. The Kier molecular flexibility index (Phi) is 2.69. The largest absolute Gasteiger partial charge is 0.430 e. The van der Waals surface area contributed by atoms with Crippen LogP contribution in [0, 0.1) is 0 Å². The fourth-order valence-electron chi connectivity index (χ4n) is 0.844. The van der Waals surface area contributed by atoms with Gasteiger partial charge < -0.3 is 11.1 Å². The molecule has 2 nitrogen and oxygen atoms in total. The Balaban J connectivity index is 2.80. The van der Waals surface area contributed by atoms with Crippen LogP contribution in [-0.2, 0) is 0 Å². The monoisotopic (exact) mass is 202 g/mol. The van der Waals surface area contributed by atoms with Crippen LogP contribution in [0.25, 0.3) is 0 Å². The first-order chi connectivity index (χ1) is 6.41. The van der Waals surface area contributed by atoms with E-state index in [4.69, 9.17) is 5.73 Å². The summed E-state index contributed by atoms with van der Waals surface area (Å²) in [6, 6.07) is 6.18. The first kappa shape index (κ1) is 10.4. The molecule has 1 rings (SSSR count). The molecule has 3 N–H and O–H groups in total. The molecule has 0 aliphatic rings. The normalized spacial score (nSPS) is 11.1. The Bertz CT molecular complexity index is 344. The van der Waals surface area contributed by atoms with Crippen molar-refractivity contribution >= 4 is 11.4 Å². The van der Waals surface area contributed by atoms with E-state index in [1.165, 1.54) is 12.1 Å². The van der Waals surface area contributed by atoms with E-state index in [0.29, 0.717) is 0 Å². The summed E-state index contributed by atoms with van der Waals surface area (Å²) < 4.78 is 36.2. The zero-order valence-electron chi connectivity index (χ0n) is 7.23. The van der Waals surface area contributed by atoms with Crippen molar-refractivity contribution in [1.82, 2.24) is 0 Å². The molecular formula is C9H9F3N2. The maximum atomic E-state index is 12.1. The van der Waals surface area contributed by atoms with Crippen LogP contribution in [0.3, 0.4) is 0 Å². The molecule has 0 aliphatic carbocycles. The smallest absolute Gasteiger partial charge is 0.397 e. The second-order valence-electron chi connectivity index (χ2n) is 2.69. The fraction of sp³-hybridized carbons (Fsp3) is 0.111. The average molecular weight is 202 g/mol. The van der Waals surface area contributed by atoms with Gasteiger partial charge in [-0.05, 0) is 12.1 Å².